The standard InChI is InChI=1S/C14H23NO3/c1-6-9-17-12-7-8-15(10-11(12)2)13(16)18-14(3,4)5/h1,11-12H,7-10H2,2-5H3/t11-,12-/m0/s1. The molecule has 18 heavy (non-hydrogen) atoms. The minimum Gasteiger partial charge on any atom is -0.444 e. The number of carbonyl (C=O) groups excluding carboxylic acids is 1. The number of hydrogen-bond donors (Lipinski definition) is 0. The van der Waals surface area contributed by atoms with Crippen LogP contribution >= 0.6 is 0 Å². The predicted molar refractivity (Wildman–Crippen MR) is 70.2 cm³/mol. The Morgan fingerprint density at radius 2 is 2.17 bits per heavy atom. The molecule has 0 unspecified atom stereocenters. The van der Waals surface area contributed by atoms with E-state index >= 15 is 0 Å². The van der Waals surface area contributed by atoms with Crippen molar-refractivity contribution in [2.24, 2.45) is 5.92 Å². The van der Waals surface area contributed by atoms with E-state index in [2.05, 4.69) is 12.8 Å². The number of terminal acetylenes is 1. The van der Waals surface area contributed by atoms with Crippen molar-refractivity contribution in [3.05, 3.63) is 0 Å². The molecule has 4 heteroatoms. The highest BCUT2D eigenvalue weighted by Crippen LogP contribution is 2.21. The molecule has 1 aliphatic rings. The van der Waals surface area contributed by atoms with Crippen LogP contribution in [0.2, 0.25) is 0 Å². The van der Waals surface area contributed by atoms with Crippen molar-refractivity contribution in [3.8, 4) is 12.3 Å². The SMILES string of the molecule is C#CCO[C@H]1CCN(C(=O)OC(C)(C)C)C[C@@H]1C. The van der Waals surface area contributed by atoms with Gasteiger partial charge in [-0.3, -0.25) is 0 Å². The van der Waals surface area contributed by atoms with Crippen molar-refractivity contribution in [2.45, 2.75) is 45.8 Å². The maximum atomic E-state index is 11.9. The molecule has 102 valence electrons. The Morgan fingerprint density at radius 3 is 2.67 bits per heavy atom. The summed E-state index contributed by atoms with van der Waals surface area (Å²) in [6, 6.07) is 0. The average Bonchev–Trinajstić information content (AvgIpc) is 2.25. The van der Waals surface area contributed by atoms with Crippen molar-refractivity contribution in [1.82, 2.24) is 4.90 Å². The minimum atomic E-state index is -0.447. The predicted octanol–water partition coefficient (Wildman–Crippen LogP) is 2.28. The lowest BCUT2D eigenvalue weighted by Gasteiger charge is -2.37. The summed E-state index contributed by atoms with van der Waals surface area (Å²) in [5, 5.41) is 0. The fourth-order valence-electron chi connectivity index (χ4n) is 2.02. The highest BCUT2D eigenvalue weighted by molar-refractivity contribution is 5.68. The van der Waals surface area contributed by atoms with Gasteiger partial charge in [0.15, 0.2) is 0 Å². The van der Waals surface area contributed by atoms with Crippen molar-refractivity contribution >= 4 is 6.09 Å². The van der Waals surface area contributed by atoms with Crippen LogP contribution in [0.15, 0.2) is 0 Å². The number of piperidine rings is 1. The summed E-state index contributed by atoms with van der Waals surface area (Å²) in [6.45, 7) is 9.34. The van der Waals surface area contributed by atoms with E-state index in [0.717, 1.165) is 6.42 Å². The molecule has 0 N–H and O–H groups in total. The van der Waals surface area contributed by atoms with E-state index < -0.39 is 5.60 Å². The van der Waals surface area contributed by atoms with Gasteiger partial charge in [-0.25, -0.2) is 4.79 Å². The summed E-state index contributed by atoms with van der Waals surface area (Å²) in [5.74, 6) is 2.75. The van der Waals surface area contributed by atoms with Crippen LogP contribution in [-0.4, -0.2) is 42.4 Å². The first kappa shape index (κ1) is 14.8. The van der Waals surface area contributed by atoms with Gasteiger partial charge in [0.25, 0.3) is 0 Å². The molecule has 0 aromatic heterocycles. The number of ether oxygens (including phenoxy) is 2. The topological polar surface area (TPSA) is 38.8 Å². The van der Waals surface area contributed by atoms with Crippen LogP contribution in [0.1, 0.15) is 34.1 Å². The quantitative estimate of drug-likeness (QED) is 0.709. The van der Waals surface area contributed by atoms with Crippen molar-refractivity contribution < 1.29 is 14.3 Å². The second kappa shape index (κ2) is 6.10. The first-order valence-corrected chi connectivity index (χ1v) is 6.36. The maximum Gasteiger partial charge on any atom is 0.410 e. The Balaban J connectivity index is 2.45. The van der Waals surface area contributed by atoms with E-state index in [1.54, 1.807) is 4.90 Å². The molecule has 0 aromatic rings. The summed E-state index contributed by atoms with van der Waals surface area (Å²) >= 11 is 0. The summed E-state index contributed by atoms with van der Waals surface area (Å²) < 4.78 is 10.9. The van der Waals surface area contributed by atoms with Gasteiger partial charge in [-0.1, -0.05) is 12.8 Å². The van der Waals surface area contributed by atoms with E-state index in [-0.39, 0.29) is 18.1 Å². The summed E-state index contributed by atoms with van der Waals surface area (Å²) in [6.07, 6.45) is 5.88. The molecule has 0 aromatic carbocycles. The minimum absolute atomic E-state index is 0.139. The van der Waals surface area contributed by atoms with Gasteiger partial charge in [0.2, 0.25) is 0 Å². The van der Waals surface area contributed by atoms with Crippen LogP contribution in [-0.2, 0) is 9.47 Å². The number of carbonyl (C=O) groups is 1. The molecule has 1 fully saturated rings. The highest BCUT2D eigenvalue weighted by atomic mass is 16.6. The van der Waals surface area contributed by atoms with Gasteiger partial charge < -0.3 is 14.4 Å². The third-order valence-corrected chi connectivity index (χ3v) is 2.86. The van der Waals surface area contributed by atoms with Crippen LogP contribution < -0.4 is 0 Å². The molecule has 1 amide bonds. The fraction of sp³-hybridized carbons (Fsp3) is 0.786. The van der Waals surface area contributed by atoms with Gasteiger partial charge >= 0.3 is 6.09 Å². The molecular weight excluding hydrogens is 230 g/mol. The largest absolute Gasteiger partial charge is 0.444 e. The molecule has 0 radical (unpaired) electrons. The number of nitrogens with zero attached hydrogens (tertiary/aromatic N) is 1. The average molecular weight is 253 g/mol. The number of likely N-dealkylation sites (tertiary alicyclic amines) is 1. The van der Waals surface area contributed by atoms with E-state index in [9.17, 15) is 4.79 Å². The number of hydrogen-bond acceptors (Lipinski definition) is 3. The Kier molecular flexibility index (Phi) is 5.03. The van der Waals surface area contributed by atoms with E-state index in [1.165, 1.54) is 0 Å². The van der Waals surface area contributed by atoms with Crippen LogP contribution in [0.5, 0.6) is 0 Å². The third-order valence-electron chi connectivity index (χ3n) is 2.86. The number of rotatable bonds is 2. The summed E-state index contributed by atoms with van der Waals surface area (Å²) in [4.78, 5) is 13.7. The molecule has 1 saturated heterocycles. The van der Waals surface area contributed by atoms with Crippen LogP contribution in [0.25, 0.3) is 0 Å². The molecule has 2 atom stereocenters. The van der Waals surface area contributed by atoms with Gasteiger partial charge in [-0.2, -0.15) is 0 Å². The van der Waals surface area contributed by atoms with Gasteiger partial charge in [0.1, 0.15) is 12.2 Å². The zero-order valence-corrected chi connectivity index (χ0v) is 11.7. The normalized spacial score (nSPS) is 24.5. The third kappa shape index (κ3) is 4.58. The Morgan fingerprint density at radius 1 is 1.50 bits per heavy atom. The zero-order valence-electron chi connectivity index (χ0n) is 11.7. The van der Waals surface area contributed by atoms with E-state index in [1.807, 2.05) is 20.8 Å². The van der Waals surface area contributed by atoms with Gasteiger partial charge in [-0.15, -0.1) is 6.42 Å². The van der Waals surface area contributed by atoms with Gasteiger partial charge in [0, 0.05) is 19.0 Å². The Bertz CT molecular complexity index is 327. The Labute approximate surface area is 110 Å². The molecule has 0 spiro atoms. The fourth-order valence-corrected chi connectivity index (χ4v) is 2.02. The monoisotopic (exact) mass is 253 g/mol. The van der Waals surface area contributed by atoms with Crippen molar-refractivity contribution in [1.29, 1.82) is 0 Å². The molecule has 0 bridgehead atoms. The second-order valence-electron chi connectivity index (χ2n) is 5.75. The molecule has 1 heterocycles. The molecule has 0 saturated carbocycles. The first-order chi connectivity index (χ1) is 8.33. The lowest BCUT2D eigenvalue weighted by atomic mass is 9.97. The van der Waals surface area contributed by atoms with E-state index in [0.29, 0.717) is 19.7 Å². The lowest BCUT2D eigenvalue weighted by Crippen LogP contribution is -2.47. The van der Waals surface area contributed by atoms with Gasteiger partial charge in [0.05, 0.1) is 6.10 Å². The first-order valence-electron chi connectivity index (χ1n) is 6.36. The second-order valence-corrected chi connectivity index (χ2v) is 5.75. The van der Waals surface area contributed by atoms with Gasteiger partial charge in [-0.05, 0) is 27.2 Å². The maximum absolute atomic E-state index is 11.9. The highest BCUT2D eigenvalue weighted by Gasteiger charge is 2.31. The smallest absolute Gasteiger partial charge is 0.410 e. The summed E-state index contributed by atoms with van der Waals surface area (Å²) in [5.41, 5.74) is -0.447. The molecule has 1 aliphatic heterocycles. The molecular formula is C14H23NO3. The summed E-state index contributed by atoms with van der Waals surface area (Å²) in [7, 11) is 0. The van der Waals surface area contributed by atoms with E-state index in [4.69, 9.17) is 15.9 Å². The molecule has 4 nitrogen and oxygen atoms in total. The van der Waals surface area contributed by atoms with Crippen LogP contribution in [0.3, 0.4) is 0 Å². The Hall–Kier alpha value is -1.21. The van der Waals surface area contributed by atoms with Crippen LogP contribution in [0, 0.1) is 18.3 Å². The van der Waals surface area contributed by atoms with Crippen molar-refractivity contribution in [3.63, 3.8) is 0 Å². The molecule has 0 aliphatic carbocycles. The number of amides is 1. The van der Waals surface area contributed by atoms with Crippen LogP contribution in [0.4, 0.5) is 4.79 Å². The zero-order chi connectivity index (χ0) is 13.8. The molecule has 1 rings (SSSR count). The van der Waals surface area contributed by atoms with Crippen molar-refractivity contribution in [2.75, 3.05) is 19.7 Å². The lowest BCUT2D eigenvalue weighted by molar-refractivity contribution is -0.0273.